The van der Waals surface area contributed by atoms with Gasteiger partial charge in [-0.1, -0.05) is 5.21 Å². The predicted molar refractivity (Wildman–Crippen MR) is 71.4 cm³/mol. The second kappa shape index (κ2) is 5.42. The van der Waals surface area contributed by atoms with E-state index in [4.69, 9.17) is 5.73 Å². The van der Waals surface area contributed by atoms with Gasteiger partial charge >= 0.3 is 0 Å². The predicted octanol–water partition coefficient (Wildman–Crippen LogP) is 0.723. The van der Waals surface area contributed by atoms with Gasteiger partial charge in [0.05, 0.1) is 6.04 Å². The van der Waals surface area contributed by atoms with E-state index in [-0.39, 0.29) is 16.0 Å². The van der Waals surface area contributed by atoms with Gasteiger partial charge in [-0.3, -0.25) is 0 Å². The first kappa shape index (κ1) is 14.8. The summed E-state index contributed by atoms with van der Waals surface area (Å²) in [6.07, 6.45) is 0. The molecular weight excluding hydrogens is 355 g/mol. The molecule has 1 aromatic heterocycles. The van der Waals surface area contributed by atoms with Crippen LogP contribution in [0.3, 0.4) is 0 Å². The first-order valence-electron chi connectivity index (χ1n) is 5.31. The lowest BCUT2D eigenvalue weighted by Gasteiger charge is -2.12. The number of nitrogens with one attached hydrogen (secondary N) is 2. The van der Waals surface area contributed by atoms with Gasteiger partial charge in [-0.05, 0) is 35.0 Å². The number of aromatic nitrogens is 4. The smallest absolute Gasteiger partial charge is 0.244 e. The first-order valence-corrected chi connectivity index (χ1v) is 7.59. The molecule has 20 heavy (non-hydrogen) atoms. The maximum absolute atomic E-state index is 13.8. The summed E-state index contributed by atoms with van der Waals surface area (Å²) in [5.41, 5.74) is 5.68. The van der Waals surface area contributed by atoms with E-state index in [2.05, 4.69) is 41.3 Å². The van der Waals surface area contributed by atoms with Crippen LogP contribution in [0, 0.1) is 5.82 Å². The number of benzene rings is 1. The number of sulfonamides is 1. The van der Waals surface area contributed by atoms with E-state index in [9.17, 15) is 12.8 Å². The third kappa shape index (κ3) is 2.94. The minimum absolute atomic E-state index is 0.110. The number of nitrogen functional groups attached to an aromatic ring is 1. The van der Waals surface area contributed by atoms with Crippen LogP contribution in [0.1, 0.15) is 18.8 Å². The van der Waals surface area contributed by atoms with Crippen molar-refractivity contribution in [3.63, 3.8) is 0 Å². The van der Waals surface area contributed by atoms with Crippen molar-refractivity contribution in [2.45, 2.75) is 17.9 Å². The molecule has 1 atom stereocenters. The molecule has 1 aromatic carbocycles. The van der Waals surface area contributed by atoms with Gasteiger partial charge in [0.25, 0.3) is 0 Å². The van der Waals surface area contributed by atoms with Crippen molar-refractivity contribution >= 4 is 31.6 Å². The molecule has 1 unspecified atom stereocenters. The second-order valence-electron chi connectivity index (χ2n) is 3.92. The molecule has 2 aromatic rings. The molecule has 1 heterocycles. The average Bonchev–Trinajstić information content (AvgIpc) is 2.86. The van der Waals surface area contributed by atoms with E-state index >= 15 is 0 Å². The van der Waals surface area contributed by atoms with Crippen molar-refractivity contribution in [2.75, 3.05) is 5.73 Å². The van der Waals surface area contributed by atoms with E-state index in [1.54, 1.807) is 0 Å². The third-order valence-corrected chi connectivity index (χ3v) is 4.66. The fourth-order valence-corrected chi connectivity index (χ4v) is 3.06. The minimum Gasteiger partial charge on any atom is -0.398 e. The van der Waals surface area contributed by atoms with Crippen molar-refractivity contribution < 1.29 is 12.8 Å². The Kier molecular flexibility index (Phi) is 4.01. The summed E-state index contributed by atoms with van der Waals surface area (Å²) in [5.74, 6) is -0.780. The van der Waals surface area contributed by atoms with Crippen molar-refractivity contribution in [1.82, 2.24) is 25.3 Å². The molecule has 11 heteroatoms. The van der Waals surface area contributed by atoms with Gasteiger partial charge in [0, 0.05) is 10.2 Å². The SMILES string of the molecule is CC(NS(=O)(=O)c1cc(N)c(Br)cc1F)c1nn[nH]n1. The fourth-order valence-electron chi connectivity index (χ4n) is 1.45. The highest BCUT2D eigenvalue weighted by Gasteiger charge is 2.24. The number of hydrogen-bond donors (Lipinski definition) is 3. The highest BCUT2D eigenvalue weighted by molar-refractivity contribution is 9.10. The lowest BCUT2D eigenvalue weighted by atomic mass is 10.3. The van der Waals surface area contributed by atoms with Crippen LogP contribution in [-0.2, 0) is 10.0 Å². The zero-order chi connectivity index (χ0) is 14.9. The van der Waals surface area contributed by atoms with Gasteiger partial charge in [-0.15, -0.1) is 10.2 Å². The van der Waals surface area contributed by atoms with Crippen molar-refractivity contribution in [3.05, 3.63) is 28.2 Å². The molecule has 0 aliphatic heterocycles. The monoisotopic (exact) mass is 364 g/mol. The lowest BCUT2D eigenvalue weighted by Crippen LogP contribution is -2.28. The summed E-state index contributed by atoms with van der Waals surface area (Å²) in [7, 11) is -4.10. The topological polar surface area (TPSA) is 127 Å². The van der Waals surface area contributed by atoms with E-state index in [1.165, 1.54) is 6.92 Å². The number of halogens is 2. The van der Waals surface area contributed by atoms with Gasteiger partial charge in [0.2, 0.25) is 10.0 Å². The Balaban J connectivity index is 2.34. The lowest BCUT2D eigenvalue weighted by molar-refractivity contribution is 0.542. The molecular formula is C9H10BrFN6O2S. The van der Waals surface area contributed by atoms with Gasteiger partial charge in [-0.25, -0.2) is 17.5 Å². The number of nitrogens with two attached hydrogens (primary N) is 1. The number of anilines is 1. The summed E-state index contributed by atoms with van der Waals surface area (Å²) in [5, 5.41) is 12.8. The summed E-state index contributed by atoms with van der Waals surface area (Å²) in [4.78, 5) is -0.548. The van der Waals surface area contributed by atoms with Crippen LogP contribution in [0.15, 0.2) is 21.5 Å². The van der Waals surface area contributed by atoms with Crippen LogP contribution < -0.4 is 10.5 Å². The van der Waals surface area contributed by atoms with E-state index in [0.717, 1.165) is 12.1 Å². The first-order chi connectivity index (χ1) is 9.31. The largest absolute Gasteiger partial charge is 0.398 e. The second-order valence-corrected chi connectivity index (χ2v) is 6.45. The molecule has 0 amide bonds. The fraction of sp³-hybridized carbons (Fsp3) is 0.222. The molecule has 0 radical (unpaired) electrons. The van der Waals surface area contributed by atoms with Crippen LogP contribution in [-0.4, -0.2) is 29.0 Å². The Morgan fingerprint density at radius 1 is 1.50 bits per heavy atom. The maximum atomic E-state index is 13.8. The number of hydrogen-bond acceptors (Lipinski definition) is 6. The van der Waals surface area contributed by atoms with Crippen LogP contribution in [0.5, 0.6) is 0 Å². The molecule has 0 fully saturated rings. The zero-order valence-electron chi connectivity index (χ0n) is 10.1. The Bertz CT molecular complexity index is 720. The van der Waals surface area contributed by atoms with E-state index in [0.29, 0.717) is 0 Å². The summed E-state index contributed by atoms with van der Waals surface area (Å²) >= 11 is 3.02. The van der Waals surface area contributed by atoms with Crippen molar-refractivity contribution in [1.29, 1.82) is 0 Å². The normalized spacial score (nSPS) is 13.3. The number of H-pyrrole nitrogens is 1. The zero-order valence-corrected chi connectivity index (χ0v) is 12.5. The van der Waals surface area contributed by atoms with Crippen LogP contribution in [0.4, 0.5) is 10.1 Å². The molecule has 0 aliphatic rings. The van der Waals surface area contributed by atoms with Crippen LogP contribution >= 0.6 is 15.9 Å². The van der Waals surface area contributed by atoms with Crippen molar-refractivity contribution in [2.24, 2.45) is 0 Å². The Labute approximate surface area is 122 Å². The van der Waals surface area contributed by atoms with Crippen LogP contribution in [0.25, 0.3) is 0 Å². The Morgan fingerprint density at radius 2 is 2.20 bits per heavy atom. The van der Waals surface area contributed by atoms with Crippen LogP contribution in [0.2, 0.25) is 0 Å². The average molecular weight is 365 g/mol. The number of nitrogens with zero attached hydrogens (tertiary/aromatic N) is 3. The standard InChI is InChI=1S/C9H10BrFN6O2S/c1-4(9-13-16-17-14-9)15-20(18,19)8-3-7(12)5(10)2-6(8)11/h2-4,15H,12H2,1H3,(H,13,14,16,17). The molecule has 8 nitrogen and oxygen atoms in total. The third-order valence-electron chi connectivity index (χ3n) is 2.42. The minimum atomic E-state index is -4.10. The molecule has 0 spiro atoms. The number of aromatic amines is 1. The molecule has 0 bridgehead atoms. The van der Waals surface area contributed by atoms with E-state index in [1.807, 2.05) is 0 Å². The van der Waals surface area contributed by atoms with E-state index < -0.39 is 26.8 Å². The quantitative estimate of drug-likeness (QED) is 0.686. The molecule has 4 N–H and O–H groups in total. The Hall–Kier alpha value is -1.59. The van der Waals surface area contributed by atoms with Gasteiger partial charge in [0.1, 0.15) is 10.7 Å². The van der Waals surface area contributed by atoms with Gasteiger partial charge in [0.15, 0.2) is 5.82 Å². The maximum Gasteiger partial charge on any atom is 0.244 e. The number of rotatable bonds is 4. The highest BCUT2D eigenvalue weighted by Crippen LogP contribution is 2.26. The van der Waals surface area contributed by atoms with Gasteiger partial charge in [-0.2, -0.15) is 5.21 Å². The molecule has 0 saturated heterocycles. The van der Waals surface area contributed by atoms with Gasteiger partial charge < -0.3 is 5.73 Å². The summed E-state index contributed by atoms with van der Waals surface area (Å²) < 4.78 is 40.5. The Morgan fingerprint density at radius 3 is 2.80 bits per heavy atom. The highest BCUT2D eigenvalue weighted by atomic mass is 79.9. The number of tetrazole rings is 1. The molecule has 2 rings (SSSR count). The molecule has 108 valence electrons. The summed E-state index contributed by atoms with van der Waals surface area (Å²) in [6, 6.07) is 1.25. The summed E-state index contributed by atoms with van der Waals surface area (Å²) in [6.45, 7) is 1.50. The van der Waals surface area contributed by atoms with Crippen molar-refractivity contribution in [3.8, 4) is 0 Å². The molecule has 0 aliphatic carbocycles. The molecule has 0 saturated carbocycles.